The fourth-order valence-electron chi connectivity index (χ4n) is 3.62. The van der Waals surface area contributed by atoms with Gasteiger partial charge in [0, 0.05) is 11.4 Å². The van der Waals surface area contributed by atoms with E-state index in [0.717, 1.165) is 18.7 Å². The molecule has 0 saturated heterocycles. The lowest BCUT2D eigenvalue weighted by Gasteiger charge is -2.37. The third-order valence-corrected chi connectivity index (χ3v) is 5.92. The van der Waals surface area contributed by atoms with Gasteiger partial charge in [-0.15, -0.1) is 11.3 Å². The Morgan fingerprint density at radius 2 is 2.12 bits per heavy atom. The summed E-state index contributed by atoms with van der Waals surface area (Å²) in [7, 11) is 0. The van der Waals surface area contributed by atoms with Gasteiger partial charge in [0.2, 0.25) is 5.91 Å². The molecular formula is C21H22N2O2S. The molecule has 1 amide bonds. The van der Waals surface area contributed by atoms with Crippen molar-refractivity contribution in [3.8, 4) is 0 Å². The topological polar surface area (TPSA) is 45.5 Å². The summed E-state index contributed by atoms with van der Waals surface area (Å²) < 4.78 is 5.32. The van der Waals surface area contributed by atoms with E-state index >= 15 is 0 Å². The predicted octanol–water partition coefficient (Wildman–Crippen LogP) is 3.91. The van der Waals surface area contributed by atoms with Gasteiger partial charge >= 0.3 is 0 Å². The van der Waals surface area contributed by atoms with E-state index in [0.29, 0.717) is 13.1 Å². The van der Waals surface area contributed by atoms with Crippen LogP contribution < -0.4 is 5.32 Å². The molecule has 1 atom stereocenters. The van der Waals surface area contributed by atoms with Crippen LogP contribution in [0.1, 0.15) is 33.4 Å². The predicted molar refractivity (Wildman–Crippen MR) is 103 cm³/mol. The largest absolute Gasteiger partial charge is 0.468 e. The Bertz CT molecular complexity index is 885. The molecule has 0 spiro atoms. The molecule has 5 heteroatoms. The van der Waals surface area contributed by atoms with Gasteiger partial charge in [-0.25, -0.2) is 0 Å². The molecule has 1 aromatic carbocycles. The number of carbonyl (C=O) groups excluding carboxylic acids is 1. The molecule has 0 bridgehead atoms. The number of benzene rings is 1. The zero-order valence-electron chi connectivity index (χ0n) is 14.8. The first-order valence-corrected chi connectivity index (χ1v) is 9.76. The molecule has 0 fully saturated rings. The fourth-order valence-corrected chi connectivity index (χ4v) is 4.53. The van der Waals surface area contributed by atoms with Crippen LogP contribution in [-0.2, 0) is 17.8 Å². The van der Waals surface area contributed by atoms with Crippen LogP contribution in [0.4, 0.5) is 0 Å². The Morgan fingerprint density at radius 3 is 2.92 bits per heavy atom. The van der Waals surface area contributed by atoms with Gasteiger partial charge in [0.1, 0.15) is 5.76 Å². The third kappa shape index (κ3) is 3.32. The lowest BCUT2D eigenvalue weighted by Crippen LogP contribution is -2.44. The first-order chi connectivity index (χ1) is 12.7. The van der Waals surface area contributed by atoms with Crippen molar-refractivity contribution in [2.75, 3.05) is 13.1 Å². The Labute approximate surface area is 157 Å². The van der Waals surface area contributed by atoms with Crippen molar-refractivity contribution in [2.45, 2.75) is 25.9 Å². The van der Waals surface area contributed by atoms with E-state index in [2.05, 4.69) is 41.9 Å². The molecule has 2 aromatic heterocycles. The molecular weight excluding hydrogens is 344 g/mol. The molecule has 0 unspecified atom stereocenters. The van der Waals surface area contributed by atoms with Gasteiger partial charge in [0.05, 0.1) is 25.4 Å². The Hall–Kier alpha value is -2.37. The maximum Gasteiger partial charge on any atom is 0.237 e. The van der Waals surface area contributed by atoms with Crippen molar-refractivity contribution >= 4 is 17.2 Å². The zero-order valence-corrected chi connectivity index (χ0v) is 15.6. The van der Waals surface area contributed by atoms with Gasteiger partial charge in [-0.2, -0.15) is 0 Å². The molecule has 134 valence electrons. The monoisotopic (exact) mass is 366 g/mol. The highest BCUT2D eigenvalue weighted by atomic mass is 32.1. The van der Waals surface area contributed by atoms with Crippen molar-refractivity contribution in [1.29, 1.82) is 0 Å². The van der Waals surface area contributed by atoms with Crippen molar-refractivity contribution in [2.24, 2.45) is 0 Å². The lowest BCUT2D eigenvalue weighted by atomic mass is 9.90. The number of nitrogens with one attached hydrogen (secondary N) is 1. The zero-order chi connectivity index (χ0) is 17.9. The standard InChI is InChI=1S/C21H22N2O2S/c1-15-5-2-3-7-17(15)21-18-9-12-26-19(18)8-10-23(21)20(24)14-22-13-16-6-4-11-25-16/h2-7,9,11-12,21-22H,8,10,13-14H2,1H3/t21-/m0/s1. The van der Waals surface area contributed by atoms with Crippen molar-refractivity contribution < 1.29 is 9.21 Å². The molecule has 1 aliphatic heterocycles. The van der Waals surface area contributed by atoms with Crippen LogP contribution >= 0.6 is 11.3 Å². The number of amides is 1. The van der Waals surface area contributed by atoms with Gasteiger partial charge in [-0.1, -0.05) is 24.3 Å². The highest BCUT2D eigenvalue weighted by Crippen LogP contribution is 2.38. The molecule has 3 aromatic rings. The first kappa shape index (κ1) is 17.1. The van der Waals surface area contributed by atoms with E-state index in [1.54, 1.807) is 17.6 Å². The van der Waals surface area contributed by atoms with Gasteiger partial charge in [0.15, 0.2) is 0 Å². The molecule has 26 heavy (non-hydrogen) atoms. The van der Waals surface area contributed by atoms with Crippen molar-refractivity contribution in [3.05, 3.63) is 81.4 Å². The number of hydrogen-bond acceptors (Lipinski definition) is 4. The Balaban J connectivity index is 1.56. The van der Waals surface area contributed by atoms with Crippen LogP contribution in [0.2, 0.25) is 0 Å². The number of thiophene rings is 1. The maximum absolute atomic E-state index is 13.0. The van der Waals surface area contributed by atoms with Crippen LogP contribution in [0.25, 0.3) is 0 Å². The fraction of sp³-hybridized carbons (Fsp3) is 0.286. The van der Waals surface area contributed by atoms with Gasteiger partial charge in [-0.05, 0) is 53.6 Å². The van der Waals surface area contributed by atoms with Crippen molar-refractivity contribution in [1.82, 2.24) is 10.2 Å². The summed E-state index contributed by atoms with van der Waals surface area (Å²) in [4.78, 5) is 16.4. The lowest BCUT2D eigenvalue weighted by molar-refractivity contribution is -0.132. The van der Waals surface area contributed by atoms with Crippen molar-refractivity contribution in [3.63, 3.8) is 0 Å². The van der Waals surface area contributed by atoms with E-state index in [-0.39, 0.29) is 11.9 Å². The van der Waals surface area contributed by atoms with E-state index in [9.17, 15) is 4.79 Å². The maximum atomic E-state index is 13.0. The second kappa shape index (κ2) is 7.48. The summed E-state index contributed by atoms with van der Waals surface area (Å²) in [6.07, 6.45) is 2.58. The highest BCUT2D eigenvalue weighted by molar-refractivity contribution is 7.10. The molecule has 3 heterocycles. The van der Waals surface area contributed by atoms with Gasteiger partial charge in [0.25, 0.3) is 0 Å². The van der Waals surface area contributed by atoms with E-state index in [4.69, 9.17) is 4.42 Å². The number of carbonyl (C=O) groups is 1. The van der Waals surface area contributed by atoms with Crippen LogP contribution in [0.5, 0.6) is 0 Å². The van der Waals surface area contributed by atoms with Gasteiger partial charge in [-0.3, -0.25) is 4.79 Å². The summed E-state index contributed by atoms with van der Waals surface area (Å²) in [5.74, 6) is 0.966. The molecule has 0 saturated carbocycles. The SMILES string of the molecule is Cc1ccccc1[C@H]1c2ccsc2CCN1C(=O)CNCc1ccco1. The molecule has 1 N–H and O–H groups in total. The van der Waals surface area contributed by atoms with Crippen LogP contribution in [0.15, 0.2) is 58.5 Å². The molecule has 1 aliphatic rings. The van der Waals surface area contributed by atoms with Crippen LogP contribution in [0, 0.1) is 6.92 Å². The first-order valence-electron chi connectivity index (χ1n) is 8.88. The minimum atomic E-state index is 0.00381. The second-order valence-corrected chi connectivity index (χ2v) is 7.58. The number of fused-ring (bicyclic) bond motifs is 1. The number of rotatable bonds is 5. The molecule has 4 nitrogen and oxygen atoms in total. The summed E-state index contributed by atoms with van der Waals surface area (Å²) in [6.45, 7) is 3.75. The normalized spacial score (nSPS) is 16.5. The molecule has 4 rings (SSSR count). The average molecular weight is 366 g/mol. The van der Waals surface area contributed by atoms with Gasteiger partial charge < -0.3 is 14.6 Å². The minimum absolute atomic E-state index is 0.00381. The van der Waals surface area contributed by atoms with Crippen LogP contribution in [0.3, 0.4) is 0 Å². The Kier molecular flexibility index (Phi) is 4.91. The molecule has 0 aliphatic carbocycles. The van der Waals surface area contributed by atoms with E-state index < -0.39 is 0 Å². The average Bonchev–Trinajstić information content (AvgIpc) is 3.33. The summed E-state index contributed by atoms with van der Waals surface area (Å²) in [5.41, 5.74) is 3.71. The van der Waals surface area contributed by atoms with Crippen LogP contribution in [-0.4, -0.2) is 23.9 Å². The quantitative estimate of drug-likeness (QED) is 0.745. The van der Waals surface area contributed by atoms with E-state index in [1.807, 2.05) is 23.1 Å². The second-order valence-electron chi connectivity index (χ2n) is 6.58. The smallest absolute Gasteiger partial charge is 0.237 e. The third-order valence-electron chi connectivity index (χ3n) is 4.92. The number of nitrogens with zero attached hydrogens (tertiary/aromatic N) is 1. The molecule has 0 radical (unpaired) electrons. The summed E-state index contributed by atoms with van der Waals surface area (Å²) in [6, 6.07) is 14.3. The number of aryl methyl sites for hydroxylation is 1. The van der Waals surface area contributed by atoms with E-state index in [1.165, 1.54) is 21.6 Å². The Morgan fingerprint density at radius 1 is 1.23 bits per heavy atom. The highest BCUT2D eigenvalue weighted by Gasteiger charge is 2.33. The summed E-state index contributed by atoms with van der Waals surface area (Å²) >= 11 is 1.79. The number of furan rings is 1. The number of hydrogen-bond donors (Lipinski definition) is 1. The minimum Gasteiger partial charge on any atom is -0.468 e. The summed E-state index contributed by atoms with van der Waals surface area (Å²) in [5, 5.41) is 5.34.